The van der Waals surface area contributed by atoms with Gasteiger partial charge in [-0.15, -0.1) is 0 Å². The summed E-state index contributed by atoms with van der Waals surface area (Å²) in [4.78, 5) is 0. The summed E-state index contributed by atoms with van der Waals surface area (Å²) in [5, 5.41) is 3.51. The first-order valence-corrected chi connectivity index (χ1v) is 9.16. The average Bonchev–Trinajstić information content (AvgIpc) is 2.18. The Bertz CT molecular complexity index is 375. The van der Waals surface area contributed by atoms with Crippen LogP contribution in [0.5, 0.6) is 0 Å². The fraction of sp³-hybridized carbons (Fsp3) is 1.00. The van der Waals surface area contributed by atoms with Gasteiger partial charge < -0.3 is 5.32 Å². The lowest BCUT2D eigenvalue weighted by Gasteiger charge is -2.43. The molecule has 1 saturated carbocycles. The van der Waals surface area contributed by atoms with Crippen LogP contribution in [0.3, 0.4) is 0 Å². The van der Waals surface area contributed by atoms with Gasteiger partial charge in [-0.1, -0.05) is 20.3 Å². The molecule has 0 amide bonds. The summed E-state index contributed by atoms with van der Waals surface area (Å²) in [6, 6.07) is 0. The molecule has 0 spiro atoms. The van der Waals surface area contributed by atoms with E-state index in [1.54, 1.807) is 20.8 Å². The molecule has 0 bridgehead atoms. The topological polar surface area (TPSA) is 46.2 Å². The second-order valence-corrected chi connectivity index (χ2v) is 10.4. The van der Waals surface area contributed by atoms with E-state index >= 15 is 0 Å². The highest BCUT2D eigenvalue weighted by Crippen LogP contribution is 2.44. The van der Waals surface area contributed by atoms with Gasteiger partial charge >= 0.3 is 0 Å². The molecule has 114 valence electrons. The molecule has 0 radical (unpaired) electrons. The Balaban J connectivity index is 2.49. The molecule has 1 aliphatic carbocycles. The lowest BCUT2D eigenvalue weighted by atomic mass is 9.67. The number of hydrogen-bond donors (Lipinski definition) is 1. The molecular formula is C15H31NO2S. The normalized spacial score (nSPS) is 19.5. The Morgan fingerprint density at radius 3 is 2.16 bits per heavy atom. The number of rotatable bonds is 7. The summed E-state index contributed by atoms with van der Waals surface area (Å²) >= 11 is 0. The Kier molecular flexibility index (Phi) is 5.47. The molecule has 3 nitrogen and oxygen atoms in total. The van der Waals surface area contributed by atoms with E-state index in [-0.39, 0.29) is 5.41 Å². The van der Waals surface area contributed by atoms with Gasteiger partial charge in [0.1, 0.15) is 0 Å². The molecule has 0 aromatic carbocycles. The highest BCUT2D eigenvalue weighted by atomic mass is 32.2. The van der Waals surface area contributed by atoms with E-state index in [4.69, 9.17) is 0 Å². The SMILES string of the molecule is CC(C)CNCC1(CCS(=O)(=O)C(C)(C)C)CCC1. The zero-order chi connectivity index (χ0) is 14.7. The molecular weight excluding hydrogens is 258 g/mol. The number of nitrogens with one attached hydrogen (secondary N) is 1. The molecule has 0 unspecified atom stereocenters. The van der Waals surface area contributed by atoms with Gasteiger partial charge in [0.2, 0.25) is 0 Å². The number of sulfone groups is 1. The first kappa shape index (κ1) is 17.0. The van der Waals surface area contributed by atoms with Crippen LogP contribution in [0, 0.1) is 11.3 Å². The van der Waals surface area contributed by atoms with E-state index in [9.17, 15) is 8.42 Å². The summed E-state index contributed by atoms with van der Waals surface area (Å²) in [7, 11) is -2.98. The monoisotopic (exact) mass is 289 g/mol. The largest absolute Gasteiger partial charge is 0.316 e. The molecule has 19 heavy (non-hydrogen) atoms. The fourth-order valence-electron chi connectivity index (χ4n) is 2.48. The Labute approximate surface area is 119 Å². The number of hydrogen-bond acceptors (Lipinski definition) is 3. The van der Waals surface area contributed by atoms with Gasteiger partial charge in [-0.05, 0) is 57.9 Å². The third-order valence-electron chi connectivity index (χ3n) is 4.30. The summed E-state index contributed by atoms with van der Waals surface area (Å²) in [5.74, 6) is 0.982. The summed E-state index contributed by atoms with van der Waals surface area (Å²) < 4.78 is 23.8. The molecule has 0 saturated heterocycles. The minimum absolute atomic E-state index is 0.243. The molecule has 4 heteroatoms. The molecule has 1 fully saturated rings. The van der Waals surface area contributed by atoms with Crippen LogP contribution in [0.15, 0.2) is 0 Å². The predicted molar refractivity (Wildman–Crippen MR) is 82.1 cm³/mol. The molecule has 1 rings (SSSR count). The first-order chi connectivity index (χ1) is 8.58. The van der Waals surface area contributed by atoms with Gasteiger partial charge in [-0.2, -0.15) is 0 Å². The van der Waals surface area contributed by atoms with Crippen LogP contribution in [-0.4, -0.2) is 32.0 Å². The van der Waals surface area contributed by atoms with Crippen LogP contribution in [0.2, 0.25) is 0 Å². The van der Waals surface area contributed by atoms with Gasteiger partial charge in [0, 0.05) is 6.54 Å². The molecule has 0 aliphatic heterocycles. The third-order valence-corrected chi connectivity index (χ3v) is 6.91. The molecule has 1 N–H and O–H groups in total. The van der Waals surface area contributed by atoms with E-state index in [1.807, 2.05) is 0 Å². The van der Waals surface area contributed by atoms with Gasteiger partial charge in [-0.25, -0.2) is 8.42 Å². The lowest BCUT2D eigenvalue weighted by molar-refractivity contribution is 0.124. The van der Waals surface area contributed by atoms with E-state index in [0.29, 0.717) is 11.7 Å². The zero-order valence-corrected chi connectivity index (χ0v) is 14.1. The van der Waals surface area contributed by atoms with Gasteiger partial charge in [0.25, 0.3) is 0 Å². The smallest absolute Gasteiger partial charge is 0.155 e. The van der Waals surface area contributed by atoms with E-state index in [1.165, 1.54) is 19.3 Å². The van der Waals surface area contributed by atoms with Gasteiger partial charge in [-0.3, -0.25) is 0 Å². The van der Waals surface area contributed by atoms with Crippen LogP contribution in [0.25, 0.3) is 0 Å². The van der Waals surface area contributed by atoms with Crippen molar-refractivity contribution >= 4 is 9.84 Å². The lowest BCUT2D eigenvalue weighted by Crippen LogP contribution is -2.43. The summed E-state index contributed by atoms with van der Waals surface area (Å²) in [6.07, 6.45) is 4.42. The van der Waals surface area contributed by atoms with Crippen molar-refractivity contribution in [2.45, 2.75) is 65.0 Å². The van der Waals surface area contributed by atoms with Crippen molar-refractivity contribution in [2.24, 2.45) is 11.3 Å². The second-order valence-electron chi connectivity index (χ2n) is 7.56. The van der Waals surface area contributed by atoms with E-state index < -0.39 is 14.6 Å². The van der Waals surface area contributed by atoms with Crippen molar-refractivity contribution in [2.75, 3.05) is 18.8 Å². The van der Waals surface area contributed by atoms with Crippen LogP contribution < -0.4 is 5.32 Å². The highest BCUT2D eigenvalue weighted by Gasteiger charge is 2.39. The van der Waals surface area contributed by atoms with Gasteiger partial charge in [0.05, 0.1) is 10.5 Å². The molecule has 0 atom stereocenters. The van der Waals surface area contributed by atoms with Crippen LogP contribution in [0.1, 0.15) is 60.3 Å². The van der Waals surface area contributed by atoms with Crippen LogP contribution >= 0.6 is 0 Å². The van der Waals surface area contributed by atoms with Crippen molar-refractivity contribution in [3.05, 3.63) is 0 Å². The van der Waals surface area contributed by atoms with Crippen molar-refractivity contribution in [1.82, 2.24) is 5.32 Å². The minimum Gasteiger partial charge on any atom is -0.316 e. The summed E-state index contributed by atoms with van der Waals surface area (Å²) in [5.41, 5.74) is 0.243. The standard InChI is InChI=1S/C15H31NO2S/c1-13(2)11-16-12-15(7-6-8-15)9-10-19(17,18)14(3,4)5/h13,16H,6-12H2,1-5H3. The van der Waals surface area contributed by atoms with E-state index in [2.05, 4.69) is 19.2 Å². The second kappa shape index (κ2) is 6.13. The molecule has 0 heterocycles. The average molecular weight is 289 g/mol. The molecule has 1 aliphatic rings. The summed E-state index contributed by atoms with van der Waals surface area (Å²) in [6.45, 7) is 11.8. The quantitative estimate of drug-likeness (QED) is 0.783. The Morgan fingerprint density at radius 2 is 1.79 bits per heavy atom. The van der Waals surface area contributed by atoms with Crippen molar-refractivity contribution in [1.29, 1.82) is 0 Å². The third kappa shape index (κ3) is 4.75. The van der Waals surface area contributed by atoms with Gasteiger partial charge in [0.15, 0.2) is 9.84 Å². The maximum absolute atomic E-state index is 12.2. The zero-order valence-electron chi connectivity index (χ0n) is 13.3. The first-order valence-electron chi connectivity index (χ1n) is 7.51. The fourth-order valence-corrected chi connectivity index (χ4v) is 3.79. The molecule has 0 aromatic heterocycles. The predicted octanol–water partition coefficient (Wildman–Crippen LogP) is 3.01. The minimum atomic E-state index is -2.98. The van der Waals surface area contributed by atoms with Crippen molar-refractivity contribution in [3.8, 4) is 0 Å². The highest BCUT2D eigenvalue weighted by molar-refractivity contribution is 7.92. The maximum atomic E-state index is 12.2. The van der Waals surface area contributed by atoms with Crippen LogP contribution in [0.4, 0.5) is 0 Å². The molecule has 0 aromatic rings. The Hall–Kier alpha value is -0.0900. The maximum Gasteiger partial charge on any atom is 0.155 e. The Morgan fingerprint density at radius 1 is 1.21 bits per heavy atom. The van der Waals surface area contributed by atoms with E-state index in [0.717, 1.165) is 19.5 Å². The van der Waals surface area contributed by atoms with Crippen LogP contribution in [-0.2, 0) is 9.84 Å². The van der Waals surface area contributed by atoms with Crippen molar-refractivity contribution < 1.29 is 8.42 Å². The van der Waals surface area contributed by atoms with Crippen molar-refractivity contribution in [3.63, 3.8) is 0 Å².